The Bertz CT molecular complexity index is 483. The van der Waals surface area contributed by atoms with Gasteiger partial charge in [0.05, 0.1) is 8.52 Å². The number of nitrogens with zero attached hydrogens (tertiary/aromatic N) is 1. The van der Waals surface area contributed by atoms with E-state index in [4.69, 9.17) is 32.7 Å². The van der Waals surface area contributed by atoms with Gasteiger partial charge in [-0.05, 0) is 38.0 Å². The minimum Gasteiger partial charge on any atom is -0.412 e. The summed E-state index contributed by atoms with van der Waals surface area (Å²) >= 11 is 0. The monoisotopic (exact) mass is 592 g/mol. The van der Waals surface area contributed by atoms with Crippen molar-refractivity contribution in [3.05, 3.63) is 0 Å². The minimum absolute atomic E-state index is 0. The van der Waals surface area contributed by atoms with Crippen LogP contribution in [0.2, 0.25) is 0 Å². The predicted octanol–water partition coefficient (Wildman–Crippen LogP) is 3.70. The quantitative estimate of drug-likeness (QED) is 0.251. The molecule has 2 fully saturated rings. The molecular weight excluding hydrogens is 554 g/mol. The van der Waals surface area contributed by atoms with Crippen LogP contribution in [0.4, 0.5) is 13.2 Å². The number of hydrogen-bond acceptors (Lipinski definition) is 6. The number of aliphatic hydroxyl groups is 1. The van der Waals surface area contributed by atoms with Crippen molar-refractivity contribution in [2.24, 2.45) is 5.92 Å². The van der Waals surface area contributed by atoms with Crippen molar-refractivity contribution in [1.82, 2.24) is 4.67 Å². The molecule has 0 saturated carbocycles. The Morgan fingerprint density at radius 1 is 1.09 bits per heavy atom. The van der Waals surface area contributed by atoms with Crippen LogP contribution in [0, 0.1) is 11.1 Å². The van der Waals surface area contributed by atoms with E-state index in [2.05, 4.69) is 11.6 Å². The average molecular weight is 592 g/mol. The Kier molecular flexibility index (Phi) is 40.4. The zero-order valence-electron chi connectivity index (χ0n) is 19.2. The van der Waals surface area contributed by atoms with Crippen molar-refractivity contribution in [3.63, 3.8) is 0 Å². The summed E-state index contributed by atoms with van der Waals surface area (Å²) < 4.78 is 69.9. The summed E-state index contributed by atoms with van der Waals surface area (Å²) in [7, 11) is -2.44. The van der Waals surface area contributed by atoms with E-state index in [0.717, 1.165) is 39.1 Å². The maximum absolute atomic E-state index is 10.7. The second kappa shape index (κ2) is 28.0. The Hall–Kier alpha value is 0.769. The van der Waals surface area contributed by atoms with Crippen LogP contribution in [0.1, 0.15) is 52.9 Å². The maximum atomic E-state index is 10.7. The number of piperidine rings is 1. The second-order valence-corrected chi connectivity index (χ2v) is 7.87. The van der Waals surface area contributed by atoms with Crippen molar-refractivity contribution in [2.75, 3.05) is 33.9 Å². The molecule has 2 rings (SSSR count). The molecular formula is C16H38F3N2O7PSV2. The van der Waals surface area contributed by atoms with Crippen LogP contribution in [0.15, 0.2) is 0 Å². The Balaban J connectivity index is -0.0000000704. The van der Waals surface area contributed by atoms with Crippen molar-refractivity contribution < 1.29 is 83.3 Å². The number of methoxy groups -OCH3 is 1. The molecule has 2 radical (unpaired) electrons. The van der Waals surface area contributed by atoms with Gasteiger partial charge in [-0.15, -0.1) is 0 Å². The van der Waals surface area contributed by atoms with E-state index >= 15 is 0 Å². The van der Waals surface area contributed by atoms with Gasteiger partial charge in [0.2, 0.25) is 0 Å². The van der Waals surface area contributed by atoms with E-state index in [1.165, 1.54) is 25.7 Å². The fraction of sp³-hybridized carbons (Fsp3) is 1.00. The van der Waals surface area contributed by atoms with Crippen LogP contribution in [0.5, 0.6) is 0 Å². The first kappa shape index (κ1) is 46.2. The third-order valence-corrected chi connectivity index (χ3v) is 4.86. The number of alkyl halides is 3. The van der Waals surface area contributed by atoms with E-state index in [9.17, 15) is 13.2 Å². The molecule has 5 N–H and O–H groups in total. The molecule has 0 aliphatic carbocycles. The summed E-state index contributed by atoms with van der Waals surface area (Å²) in [4.78, 5) is 0. The molecule has 0 aromatic rings. The summed E-state index contributed by atoms with van der Waals surface area (Å²) in [6.45, 7) is 9.43. The molecule has 0 aromatic heterocycles. The van der Waals surface area contributed by atoms with Gasteiger partial charge in [-0.1, -0.05) is 20.8 Å². The first-order valence-corrected chi connectivity index (χ1v) is 11.5. The summed E-state index contributed by atoms with van der Waals surface area (Å²) in [5.74, 6) is 0.892. The van der Waals surface area contributed by atoms with Crippen LogP contribution in [-0.2, 0) is 56.7 Å². The van der Waals surface area contributed by atoms with Gasteiger partial charge >= 0.3 is 15.6 Å². The normalized spacial score (nSPS) is 18.5. The fourth-order valence-corrected chi connectivity index (χ4v) is 2.42. The van der Waals surface area contributed by atoms with E-state index in [-0.39, 0.29) is 48.9 Å². The van der Waals surface area contributed by atoms with Gasteiger partial charge in [-0.3, -0.25) is 9.71 Å². The molecule has 1 atom stereocenters. The Morgan fingerprint density at radius 2 is 1.50 bits per heavy atom. The summed E-state index contributed by atoms with van der Waals surface area (Å²) in [6.07, 6.45) is 6.16. The van der Waals surface area contributed by atoms with Gasteiger partial charge in [0.25, 0.3) is 0 Å². The molecule has 0 aromatic carbocycles. The van der Waals surface area contributed by atoms with E-state index in [1.54, 1.807) is 7.11 Å². The molecule has 2 aliphatic rings. The number of ether oxygens (including phenoxy) is 2. The fourth-order valence-electron chi connectivity index (χ4n) is 1.99. The second-order valence-electron chi connectivity index (χ2n) is 5.69. The van der Waals surface area contributed by atoms with E-state index in [0.29, 0.717) is 8.52 Å². The molecule has 2 heterocycles. The van der Waals surface area contributed by atoms with Gasteiger partial charge in [-0.25, -0.2) is 4.67 Å². The first-order valence-electron chi connectivity index (χ1n) is 9.26. The van der Waals surface area contributed by atoms with Gasteiger partial charge in [0, 0.05) is 71.0 Å². The topological polar surface area (TPSA) is 152 Å². The smallest absolute Gasteiger partial charge is 0.412 e. The molecule has 32 heavy (non-hydrogen) atoms. The van der Waals surface area contributed by atoms with Gasteiger partial charge in [-0.2, -0.15) is 21.6 Å². The average Bonchev–Trinajstić information content (AvgIpc) is 2.72. The third kappa shape index (κ3) is 27.0. The molecule has 16 heteroatoms. The maximum Gasteiger partial charge on any atom is 0.522 e. The number of aliphatic hydroxyl groups excluding tert-OH is 1. The SMILES string of the molecule is CC.CC1CCN(P=N)CC1.CO.COC1CCCCO1.O.O=S(=O)(O)C(F)(F)F.[V].[V]. The third-order valence-electron chi connectivity index (χ3n) is 3.59. The summed E-state index contributed by atoms with van der Waals surface area (Å²) in [5, 5.41) is 14.1. The molecule has 9 nitrogen and oxygen atoms in total. The Labute approximate surface area is 215 Å². The van der Waals surface area contributed by atoms with E-state index in [1.807, 2.05) is 13.8 Å². The molecule has 2 aliphatic heterocycles. The molecule has 1 unspecified atom stereocenters. The van der Waals surface area contributed by atoms with Crippen molar-refractivity contribution in [2.45, 2.75) is 64.7 Å². The largest absolute Gasteiger partial charge is 0.522 e. The first-order chi connectivity index (χ1) is 13.5. The van der Waals surface area contributed by atoms with E-state index < -0.39 is 15.6 Å². The van der Waals surface area contributed by atoms with Crippen molar-refractivity contribution >= 4 is 18.6 Å². The van der Waals surface area contributed by atoms with Gasteiger partial charge in [0.1, 0.15) is 0 Å². The molecule has 0 spiro atoms. The number of rotatable bonds is 2. The number of halogens is 3. The minimum atomic E-state index is -5.84. The van der Waals surface area contributed by atoms with Crippen molar-refractivity contribution in [1.29, 1.82) is 5.16 Å². The molecule has 196 valence electrons. The predicted molar refractivity (Wildman–Crippen MR) is 111 cm³/mol. The summed E-state index contributed by atoms with van der Waals surface area (Å²) in [5.41, 5.74) is -5.53. The van der Waals surface area contributed by atoms with Gasteiger partial charge in [0.15, 0.2) is 6.29 Å². The Morgan fingerprint density at radius 3 is 1.72 bits per heavy atom. The van der Waals surface area contributed by atoms with Crippen LogP contribution in [-0.4, -0.2) is 73.9 Å². The zero-order valence-corrected chi connectivity index (χ0v) is 23.7. The number of nitrogens with one attached hydrogen (secondary N) is 1. The van der Waals surface area contributed by atoms with Crippen LogP contribution in [0.3, 0.4) is 0 Å². The standard InChI is InChI=1S/C6H13N2P.C6H12O2.C2H6.CHF3O3S.CH4O.H2O.2V/c1-6-2-4-8(9-7)5-3-6;1-7-6-4-2-3-5-8-6;1-2;2-1(3,4)8(5,6)7;1-2;;;/h6-7H,2-5H2,1H3;6H,2-5H2,1H3;1-2H3;(H,5,6,7);2H,1H3;1H2;;. The zero-order chi connectivity index (χ0) is 23.5. The molecule has 2 saturated heterocycles. The van der Waals surface area contributed by atoms with Crippen LogP contribution in [0.25, 0.3) is 0 Å². The summed E-state index contributed by atoms with van der Waals surface area (Å²) in [6, 6.07) is 0. The van der Waals surface area contributed by atoms with Crippen LogP contribution < -0.4 is 0 Å². The van der Waals surface area contributed by atoms with Crippen molar-refractivity contribution in [3.8, 4) is 0 Å². The van der Waals surface area contributed by atoms with Crippen LogP contribution >= 0.6 is 8.52 Å². The molecule has 0 amide bonds. The number of hydrogen-bond donors (Lipinski definition) is 3. The van der Waals surface area contributed by atoms with Gasteiger partial charge < -0.3 is 20.1 Å². The molecule has 0 bridgehead atoms.